The number of amides is 1. The van der Waals surface area contributed by atoms with Crippen molar-refractivity contribution in [3.63, 3.8) is 0 Å². The number of pyridine rings is 1. The highest BCUT2D eigenvalue weighted by Gasteiger charge is 2.26. The van der Waals surface area contributed by atoms with Gasteiger partial charge < -0.3 is 9.80 Å². The molecule has 1 aliphatic heterocycles. The Labute approximate surface area is 194 Å². The normalized spacial score (nSPS) is 17.1. The summed E-state index contributed by atoms with van der Waals surface area (Å²) in [7, 11) is 0. The molecule has 0 spiro atoms. The fraction of sp³-hybridized carbons (Fsp3) is 0.462. The third kappa shape index (κ3) is 4.77. The van der Waals surface area contributed by atoms with Gasteiger partial charge in [-0.2, -0.15) is 0 Å². The Balaban J connectivity index is 1.32. The number of piperazine rings is 1. The minimum atomic E-state index is -0.133. The smallest absolute Gasteiger partial charge is 0.295 e. The van der Waals surface area contributed by atoms with Crippen LogP contribution in [0, 0.1) is 5.92 Å². The molecule has 172 valence electrons. The maximum atomic E-state index is 13.5. The highest BCUT2D eigenvalue weighted by Crippen LogP contribution is 2.28. The van der Waals surface area contributed by atoms with Gasteiger partial charge in [-0.1, -0.05) is 56.0 Å². The predicted molar refractivity (Wildman–Crippen MR) is 129 cm³/mol. The number of nitrogens with zero attached hydrogens (tertiary/aromatic N) is 5. The van der Waals surface area contributed by atoms with Crippen molar-refractivity contribution < 1.29 is 4.79 Å². The Morgan fingerprint density at radius 1 is 0.970 bits per heavy atom. The topological polar surface area (TPSA) is 71.3 Å². The lowest BCUT2D eigenvalue weighted by molar-refractivity contribution is -0.131. The first-order valence-electron chi connectivity index (χ1n) is 12.1. The molecular weight excluding hydrogens is 414 g/mol. The molecule has 1 saturated heterocycles. The molecule has 2 aliphatic rings. The number of carbonyl (C=O) groups is 1. The summed E-state index contributed by atoms with van der Waals surface area (Å²) in [6.07, 6.45) is 8.54. The van der Waals surface area contributed by atoms with Gasteiger partial charge in [-0.05, 0) is 30.0 Å². The molecule has 7 heteroatoms. The predicted octanol–water partition coefficient (Wildman–Crippen LogP) is 3.46. The molecule has 33 heavy (non-hydrogen) atoms. The van der Waals surface area contributed by atoms with Crippen molar-refractivity contribution >= 4 is 22.9 Å². The highest BCUT2D eigenvalue weighted by molar-refractivity contribution is 5.76. The summed E-state index contributed by atoms with van der Waals surface area (Å²) >= 11 is 0. The van der Waals surface area contributed by atoms with Crippen LogP contribution in [0.3, 0.4) is 0 Å². The maximum absolute atomic E-state index is 13.5. The van der Waals surface area contributed by atoms with Crippen molar-refractivity contribution in [3.05, 3.63) is 64.6 Å². The Bertz CT molecular complexity index is 1160. The lowest BCUT2D eigenvalue weighted by Gasteiger charge is -2.35. The standard InChI is InChI=1S/C26H31N5O2/c32-23(13-12-20-7-4-5-8-20)29-15-17-30(18-16-29)25-26(33)31(19-21-9-2-1-3-10-21)24-22(28-25)11-6-14-27-24/h1-3,6,9-11,14,20H,4-5,7-8,12-13,15-19H2. The van der Waals surface area contributed by atoms with Crippen LogP contribution in [0.25, 0.3) is 11.2 Å². The molecule has 0 unspecified atom stereocenters. The molecule has 2 fully saturated rings. The molecule has 5 rings (SSSR count). The maximum Gasteiger partial charge on any atom is 0.295 e. The summed E-state index contributed by atoms with van der Waals surface area (Å²) in [5.41, 5.74) is 2.21. The third-order valence-corrected chi connectivity index (χ3v) is 7.04. The number of anilines is 1. The zero-order chi connectivity index (χ0) is 22.6. The number of fused-ring (bicyclic) bond motifs is 1. The van der Waals surface area contributed by atoms with E-state index in [0.717, 1.165) is 17.9 Å². The molecule has 7 nitrogen and oxygen atoms in total. The molecule has 3 heterocycles. The van der Waals surface area contributed by atoms with Gasteiger partial charge in [0.05, 0.1) is 6.54 Å². The molecule has 0 radical (unpaired) electrons. The largest absolute Gasteiger partial charge is 0.348 e. The van der Waals surface area contributed by atoms with Gasteiger partial charge in [0, 0.05) is 38.8 Å². The van der Waals surface area contributed by atoms with Crippen LogP contribution in [-0.2, 0) is 11.3 Å². The van der Waals surface area contributed by atoms with Crippen molar-refractivity contribution in [1.82, 2.24) is 19.4 Å². The van der Waals surface area contributed by atoms with Crippen LogP contribution in [0.1, 0.15) is 44.1 Å². The van der Waals surface area contributed by atoms with Gasteiger partial charge in [0.25, 0.3) is 5.56 Å². The van der Waals surface area contributed by atoms with Crippen LogP contribution in [0.4, 0.5) is 5.82 Å². The first kappa shape index (κ1) is 21.6. The second-order valence-electron chi connectivity index (χ2n) is 9.22. The van der Waals surface area contributed by atoms with Crippen molar-refractivity contribution in [3.8, 4) is 0 Å². The van der Waals surface area contributed by atoms with E-state index < -0.39 is 0 Å². The SMILES string of the molecule is O=C(CCC1CCCC1)N1CCN(c2nc3cccnc3n(Cc3ccccc3)c2=O)CC1. The van der Waals surface area contributed by atoms with Gasteiger partial charge in [-0.15, -0.1) is 0 Å². The fourth-order valence-corrected chi connectivity index (χ4v) is 5.13. The molecule has 1 aromatic carbocycles. The van der Waals surface area contributed by atoms with Crippen LogP contribution in [0.2, 0.25) is 0 Å². The van der Waals surface area contributed by atoms with Crippen LogP contribution < -0.4 is 10.5 Å². The minimum absolute atomic E-state index is 0.133. The summed E-state index contributed by atoms with van der Waals surface area (Å²) in [6, 6.07) is 13.7. The van der Waals surface area contributed by atoms with Gasteiger partial charge in [-0.3, -0.25) is 14.2 Å². The van der Waals surface area contributed by atoms with E-state index in [-0.39, 0.29) is 11.5 Å². The van der Waals surface area contributed by atoms with Crippen LogP contribution in [0.5, 0.6) is 0 Å². The second-order valence-corrected chi connectivity index (χ2v) is 9.22. The molecule has 1 saturated carbocycles. The Morgan fingerprint density at radius 2 is 1.73 bits per heavy atom. The van der Waals surface area contributed by atoms with Crippen molar-refractivity contribution in [1.29, 1.82) is 0 Å². The van der Waals surface area contributed by atoms with E-state index >= 15 is 0 Å². The highest BCUT2D eigenvalue weighted by atomic mass is 16.2. The molecule has 0 N–H and O–H groups in total. The first-order chi connectivity index (χ1) is 16.2. The summed E-state index contributed by atoms with van der Waals surface area (Å²) < 4.78 is 1.71. The van der Waals surface area contributed by atoms with E-state index in [4.69, 9.17) is 0 Å². The number of rotatable bonds is 6. The summed E-state index contributed by atoms with van der Waals surface area (Å²) in [5.74, 6) is 1.43. The monoisotopic (exact) mass is 445 g/mol. The van der Waals surface area contributed by atoms with Crippen LogP contribution in [-0.4, -0.2) is 51.5 Å². The van der Waals surface area contributed by atoms with Gasteiger partial charge >= 0.3 is 0 Å². The van der Waals surface area contributed by atoms with E-state index in [1.807, 2.05) is 52.3 Å². The Morgan fingerprint density at radius 3 is 2.48 bits per heavy atom. The first-order valence-corrected chi connectivity index (χ1v) is 12.1. The van der Waals surface area contributed by atoms with Crippen molar-refractivity contribution in [2.24, 2.45) is 5.92 Å². The zero-order valence-electron chi connectivity index (χ0n) is 19.0. The van der Waals surface area contributed by atoms with Crippen LogP contribution in [0.15, 0.2) is 53.5 Å². The van der Waals surface area contributed by atoms with Gasteiger partial charge in [0.2, 0.25) is 5.91 Å². The number of carbonyl (C=O) groups excluding carboxylic acids is 1. The fourth-order valence-electron chi connectivity index (χ4n) is 5.13. The summed E-state index contributed by atoms with van der Waals surface area (Å²) in [5, 5.41) is 0. The Hall–Kier alpha value is -3.22. The second kappa shape index (κ2) is 9.73. The van der Waals surface area contributed by atoms with Crippen molar-refractivity contribution in [2.45, 2.75) is 45.1 Å². The molecule has 3 aromatic rings. The number of aromatic nitrogens is 3. The molecule has 0 atom stereocenters. The number of hydrogen-bond donors (Lipinski definition) is 0. The lowest BCUT2D eigenvalue weighted by atomic mass is 10.0. The molecule has 0 bridgehead atoms. The van der Waals surface area contributed by atoms with E-state index in [1.165, 1.54) is 25.7 Å². The number of hydrogen-bond acceptors (Lipinski definition) is 5. The molecule has 1 amide bonds. The average molecular weight is 446 g/mol. The van der Waals surface area contributed by atoms with E-state index in [0.29, 0.717) is 56.1 Å². The molecule has 2 aromatic heterocycles. The zero-order valence-corrected chi connectivity index (χ0v) is 19.0. The van der Waals surface area contributed by atoms with Crippen molar-refractivity contribution in [2.75, 3.05) is 31.1 Å². The van der Waals surface area contributed by atoms with E-state index in [9.17, 15) is 9.59 Å². The van der Waals surface area contributed by atoms with Gasteiger partial charge in [0.1, 0.15) is 5.52 Å². The van der Waals surface area contributed by atoms with E-state index in [1.54, 1.807) is 10.8 Å². The molecular formula is C26H31N5O2. The molecule has 1 aliphatic carbocycles. The lowest BCUT2D eigenvalue weighted by Crippen LogP contribution is -2.50. The van der Waals surface area contributed by atoms with Gasteiger partial charge in [0.15, 0.2) is 11.5 Å². The Kier molecular flexibility index (Phi) is 6.37. The van der Waals surface area contributed by atoms with Gasteiger partial charge in [-0.25, -0.2) is 9.97 Å². The van der Waals surface area contributed by atoms with E-state index in [2.05, 4.69) is 9.97 Å². The van der Waals surface area contributed by atoms with Crippen LogP contribution >= 0.6 is 0 Å². The quantitative estimate of drug-likeness (QED) is 0.581. The third-order valence-electron chi connectivity index (χ3n) is 7.04. The summed E-state index contributed by atoms with van der Waals surface area (Å²) in [6.45, 7) is 2.95. The number of benzene rings is 1. The minimum Gasteiger partial charge on any atom is -0.348 e. The summed E-state index contributed by atoms with van der Waals surface area (Å²) in [4.78, 5) is 39.3. The average Bonchev–Trinajstić information content (AvgIpc) is 3.39.